The average Bonchev–Trinajstić information content (AvgIpc) is 2.47. The number of nitrogens with zero attached hydrogens (tertiary/aromatic N) is 1. The fourth-order valence-corrected chi connectivity index (χ4v) is 2.26. The van der Waals surface area contributed by atoms with E-state index in [1.165, 1.54) is 5.56 Å². The Morgan fingerprint density at radius 3 is 2.48 bits per heavy atom. The Balaban J connectivity index is 1.87. The fraction of sp³-hybridized carbons (Fsp3) is 0.333. The molecule has 0 aliphatic carbocycles. The molecule has 0 radical (unpaired) electrons. The van der Waals surface area contributed by atoms with Gasteiger partial charge in [-0.1, -0.05) is 35.9 Å². The van der Waals surface area contributed by atoms with Crippen LogP contribution in [0.4, 0.5) is 0 Å². The molecule has 0 fully saturated rings. The van der Waals surface area contributed by atoms with Crippen LogP contribution in [-0.2, 0) is 13.0 Å². The molecule has 2 aromatic carbocycles. The van der Waals surface area contributed by atoms with Crippen LogP contribution in [0.15, 0.2) is 48.5 Å². The lowest BCUT2D eigenvalue weighted by molar-refractivity contribution is 0.306. The largest absolute Gasteiger partial charge is 0.489 e. The van der Waals surface area contributed by atoms with Gasteiger partial charge in [0, 0.05) is 5.02 Å². The Morgan fingerprint density at radius 1 is 1.00 bits per heavy atom. The molecule has 0 atom stereocenters. The Labute approximate surface area is 132 Å². The third-order valence-electron chi connectivity index (χ3n) is 3.29. The maximum atomic E-state index is 5.88. The van der Waals surface area contributed by atoms with Crippen molar-refractivity contribution in [3.8, 4) is 5.75 Å². The monoisotopic (exact) mass is 303 g/mol. The van der Waals surface area contributed by atoms with Crippen LogP contribution in [0.25, 0.3) is 0 Å². The smallest absolute Gasteiger partial charge is 0.120 e. The van der Waals surface area contributed by atoms with Crippen molar-refractivity contribution in [3.63, 3.8) is 0 Å². The molecule has 0 aliphatic heterocycles. The molecule has 2 nitrogen and oxygen atoms in total. The SMILES string of the molecule is CN(C)CCCc1cccc(OCc2ccc(Cl)cc2)c1. The molecule has 21 heavy (non-hydrogen) atoms. The van der Waals surface area contributed by atoms with Crippen molar-refractivity contribution in [1.29, 1.82) is 0 Å². The van der Waals surface area contributed by atoms with E-state index in [9.17, 15) is 0 Å². The molecular weight excluding hydrogens is 282 g/mol. The van der Waals surface area contributed by atoms with Crippen molar-refractivity contribution in [2.75, 3.05) is 20.6 Å². The first-order valence-corrected chi connectivity index (χ1v) is 7.62. The molecule has 0 N–H and O–H groups in total. The predicted octanol–water partition coefficient (Wildman–Crippen LogP) is 4.41. The van der Waals surface area contributed by atoms with E-state index in [1.807, 2.05) is 30.3 Å². The highest BCUT2D eigenvalue weighted by molar-refractivity contribution is 6.30. The second-order valence-electron chi connectivity index (χ2n) is 5.47. The number of ether oxygens (including phenoxy) is 1. The molecule has 0 spiro atoms. The molecule has 0 heterocycles. The fourth-order valence-electron chi connectivity index (χ4n) is 2.14. The van der Waals surface area contributed by atoms with Crippen LogP contribution in [-0.4, -0.2) is 25.5 Å². The molecular formula is C18H22ClNO. The lowest BCUT2D eigenvalue weighted by Crippen LogP contribution is -2.13. The summed E-state index contributed by atoms with van der Waals surface area (Å²) in [6.07, 6.45) is 2.24. The van der Waals surface area contributed by atoms with E-state index in [1.54, 1.807) is 0 Å². The number of hydrogen-bond acceptors (Lipinski definition) is 2. The van der Waals surface area contributed by atoms with Crippen molar-refractivity contribution in [1.82, 2.24) is 4.90 Å². The average molecular weight is 304 g/mol. The molecule has 0 bridgehead atoms. The highest BCUT2D eigenvalue weighted by Crippen LogP contribution is 2.17. The summed E-state index contributed by atoms with van der Waals surface area (Å²) in [6.45, 7) is 1.67. The zero-order chi connectivity index (χ0) is 15.1. The van der Waals surface area contributed by atoms with Crippen molar-refractivity contribution in [2.24, 2.45) is 0 Å². The van der Waals surface area contributed by atoms with E-state index in [-0.39, 0.29) is 0 Å². The molecule has 3 heteroatoms. The second-order valence-corrected chi connectivity index (χ2v) is 5.91. The number of aryl methyl sites for hydroxylation is 1. The summed E-state index contributed by atoms with van der Waals surface area (Å²) in [4.78, 5) is 2.21. The Hall–Kier alpha value is -1.51. The minimum Gasteiger partial charge on any atom is -0.489 e. The topological polar surface area (TPSA) is 12.5 Å². The van der Waals surface area contributed by atoms with Gasteiger partial charge in [-0.25, -0.2) is 0 Å². The van der Waals surface area contributed by atoms with Gasteiger partial charge < -0.3 is 9.64 Å². The molecule has 0 saturated heterocycles. The molecule has 0 amide bonds. The summed E-state index contributed by atoms with van der Waals surface area (Å²) >= 11 is 5.88. The van der Waals surface area contributed by atoms with Crippen LogP contribution in [0.3, 0.4) is 0 Å². The van der Waals surface area contributed by atoms with Gasteiger partial charge in [0.1, 0.15) is 12.4 Å². The second kappa shape index (κ2) is 8.06. The summed E-state index contributed by atoms with van der Waals surface area (Å²) in [6, 6.07) is 16.1. The van der Waals surface area contributed by atoms with Gasteiger partial charge in [0.2, 0.25) is 0 Å². The summed E-state index contributed by atoms with van der Waals surface area (Å²) < 4.78 is 5.85. The van der Waals surface area contributed by atoms with Gasteiger partial charge in [0.15, 0.2) is 0 Å². The van der Waals surface area contributed by atoms with E-state index < -0.39 is 0 Å². The summed E-state index contributed by atoms with van der Waals surface area (Å²) in [5.74, 6) is 0.923. The van der Waals surface area contributed by atoms with Crippen molar-refractivity contribution < 1.29 is 4.74 Å². The number of rotatable bonds is 7. The minimum absolute atomic E-state index is 0.568. The molecule has 0 unspecified atom stereocenters. The van der Waals surface area contributed by atoms with Gasteiger partial charge in [-0.3, -0.25) is 0 Å². The van der Waals surface area contributed by atoms with E-state index in [0.717, 1.165) is 35.7 Å². The van der Waals surface area contributed by atoms with E-state index in [4.69, 9.17) is 16.3 Å². The molecule has 112 valence electrons. The van der Waals surface area contributed by atoms with Crippen LogP contribution < -0.4 is 4.74 Å². The Bertz CT molecular complexity index is 551. The lowest BCUT2D eigenvalue weighted by atomic mass is 10.1. The first kappa shape index (κ1) is 15.9. The van der Waals surface area contributed by atoms with Crippen LogP contribution in [0, 0.1) is 0 Å². The molecule has 0 aromatic heterocycles. The van der Waals surface area contributed by atoms with E-state index in [2.05, 4.69) is 37.2 Å². The van der Waals surface area contributed by atoms with Gasteiger partial charge in [0.25, 0.3) is 0 Å². The zero-order valence-corrected chi connectivity index (χ0v) is 13.4. The first-order valence-electron chi connectivity index (χ1n) is 7.24. The third kappa shape index (κ3) is 5.78. The van der Waals surface area contributed by atoms with Crippen molar-refractivity contribution in [3.05, 3.63) is 64.7 Å². The van der Waals surface area contributed by atoms with Gasteiger partial charge in [-0.15, -0.1) is 0 Å². The van der Waals surface area contributed by atoms with Crippen molar-refractivity contribution in [2.45, 2.75) is 19.4 Å². The lowest BCUT2D eigenvalue weighted by Gasteiger charge is -2.10. The quantitative estimate of drug-likeness (QED) is 0.751. The molecule has 2 aromatic rings. The Morgan fingerprint density at radius 2 is 1.76 bits per heavy atom. The maximum Gasteiger partial charge on any atom is 0.120 e. The van der Waals surface area contributed by atoms with Crippen LogP contribution in [0.2, 0.25) is 5.02 Å². The van der Waals surface area contributed by atoms with Gasteiger partial charge >= 0.3 is 0 Å². The predicted molar refractivity (Wildman–Crippen MR) is 89.1 cm³/mol. The van der Waals surface area contributed by atoms with Gasteiger partial charge in [-0.05, 0) is 68.9 Å². The van der Waals surface area contributed by atoms with Crippen LogP contribution in [0.5, 0.6) is 5.75 Å². The highest BCUT2D eigenvalue weighted by Gasteiger charge is 2.00. The zero-order valence-electron chi connectivity index (χ0n) is 12.7. The number of halogens is 1. The maximum absolute atomic E-state index is 5.88. The standard InChI is InChI=1S/C18H22ClNO/c1-20(2)12-4-6-15-5-3-7-18(13-15)21-14-16-8-10-17(19)11-9-16/h3,5,7-11,13H,4,6,12,14H2,1-2H3. The third-order valence-corrected chi connectivity index (χ3v) is 3.54. The minimum atomic E-state index is 0.568. The number of hydrogen-bond donors (Lipinski definition) is 0. The van der Waals surface area contributed by atoms with Crippen LogP contribution >= 0.6 is 11.6 Å². The molecule has 0 saturated carbocycles. The van der Waals surface area contributed by atoms with Gasteiger partial charge in [0.05, 0.1) is 0 Å². The summed E-state index contributed by atoms with van der Waals surface area (Å²) in [7, 11) is 4.21. The van der Waals surface area contributed by atoms with E-state index in [0.29, 0.717) is 6.61 Å². The Kier molecular flexibility index (Phi) is 6.09. The van der Waals surface area contributed by atoms with Crippen molar-refractivity contribution >= 4 is 11.6 Å². The highest BCUT2D eigenvalue weighted by atomic mass is 35.5. The summed E-state index contributed by atoms with van der Waals surface area (Å²) in [5, 5.41) is 0.752. The normalized spacial score (nSPS) is 10.9. The molecule has 2 rings (SSSR count). The summed E-state index contributed by atoms with van der Waals surface area (Å²) in [5.41, 5.74) is 2.45. The van der Waals surface area contributed by atoms with Gasteiger partial charge in [-0.2, -0.15) is 0 Å². The van der Waals surface area contributed by atoms with E-state index >= 15 is 0 Å². The first-order chi connectivity index (χ1) is 10.1. The number of benzene rings is 2. The van der Waals surface area contributed by atoms with Crippen LogP contribution in [0.1, 0.15) is 17.5 Å². The molecule has 0 aliphatic rings.